The monoisotopic (exact) mass is 291 g/mol. The maximum Gasteiger partial charge on any atom is 0.249 e. The highest BCUT2D eigenvalue weighted by atomic mass is 16.5. The Labute approximate surface area is 123 Å². The molecular weight excluding hydrogens is 270 g/mol. The van der Waals surface area contributed by atoms with Crippen LogP contribution in [0.2, 0.25) is 0 Å². The number of hydrogen-bond donors (Lipinski definition) is 0. The van der Waals surface area contributed by atoms with E-state index in [1.807, 2.05) is 4.90 Å². The third-order valence-corrected chi connectivity index (χ3v) is 4.53. The lowest BCUT2D eigenvalue weighted by atomic mass is 10.2. The quantitative estimate of drug-likeness (QED) is 0.802. The van der Waals surface area contributed by atoms with Gasteiger partial charge in [-0.3, -0.25) is 4.79 Å². The molecule has 0 aromatic carbocycles. The summed E-state index contributed by atoms with van der Waals surface area (Å²) in [5.74, 6) is 2.61. The first kappa shape index (κ1) is 13.2. The van der Waals surface area contributed by atoms with Crippen LogP contribution in [0, 0.1) is 5.92 Å². The Hall–Kier alpha value is -1.43. The Balaban J connectivity index is 1.37. The second-order valence-electron chi connectivity index (χ2n) is 6.47. The Morgan fingerprint density at radius 3 is 2.90 bits per heavy atom. The van der Waals surface area contributed by atoms with Gasteiger partial charge in [-0.05, 0) is 44.4 Å². The van der Waals surface area contributed by atoms with Crippen LogP contribution in [0.4, 0.5) is 0 Å². The first-order valence-corrected chi connectivity index (χ1v) is 8.02. The number of carbonyl (C=O) groups excluding carboxylic acids is 1. The highest BCUT2D eigenvalue weighted by molar-refractivity contribution is 5.78. The summed E-state index contributed by atoms with van der Waals surface area (Å²) in [4.78, 5) is 18.6. The average Bonchev–Trinajstić information content (AvgIpc) is 3.40. The maximum absolute atomic E-state index is 12.3. The van der Waals surface area contributed by atoms with Gasteiger partial charge in [0.1, 0.15) is 6.61 Å². The van der Waals surface area contributed by atoms with Crippen molar-refractivity contribution in [3.05, 3.63) is 11.7 Å². The van der Waals surface area contributed by atoms with Crippen molar-refractivity contribution < 1.29 is 14.1 Å². The van der Waals surface area contributed by atoms with Crippen molar-refractivity contribution in [3.8, 4) is 0 Å². The molecule has 1 aromatic heterocycles. The van der Waals surface area contributed by atoms with E-state index in [2.05, 4.69) is 10.1 Å². The molecule has 0 spiro atoms. The molecule has 6 heteroatoms. The minimum Gasteiger partial charge on any atom is -0.371 e. The summed E-state index contributed by atoms with van der Waals surface area (Å²) < 4.78 is 10.8. The van der Waals surface area contributed by atoms with Gasteiger partial charge in [0.25, 0.3) is 0 Å². The van der Waals surface area contributed by atoms with E-state index in [9.17, 15) is 4.79 Å². The summed E-state index contributed by atoms with van der Waals surface area (Å²) in [5, 5.41) is 4.09. The molecule has 1 aliphatic heterocycles. The van der Waals surface area contributed by atoms with E-state index in [1.165, 1.54) is 12.8 Å². The molecule has 21 heavy (non-hydrogen) atoms. The number of hydrogen-bond acceptors (Lipinski definition) is 5. The molecule has 0 radical (unpaired) electrons. The SMILES string of the molecule is O=C(COCC1CC1)N1CCCC1c1noc(C2CC2)n1. The van der Waals surface area contributed by atoms with Gasteiger partial charge >= 0.3 is 0 Å². The lowest BCUT2D eigenvalue weighted by Gasteiger charge is -2.22. The normalized spacial score (nSPS) is 25.5. The summed E-state index contributed by atoms with van der Waals surface area (Å²) in [7, 11) is 0. The number of amides is 1. The Morgan fingerprint density at radius 1 is 1.29 bits per heavy atom. The molecule has 6 nitrogen and oxygen atoms in total. The maximum atomic E-state index is 12.3. The van der Waals surface area contributed by atoms with Crippen LogP contribution in [-0.2, 0) is 9.53 Å². The molecule has 1 saturated heterocycles. The van der Waals surface area contributed by atoms with Crippen LogP contribution in [0.1, 0.15) is 62.2 Å². The summed E-state index contributed by atoms with van der Waals surface area (Å²) in [6, 6.07) is -0.0294. The van der Waals surface area contributed by atoms with E-state index in [0.717, 1.165) is 44.7 Å². The molecule has 2 aliphatic carbocycles. The van der Waals surface area contributed by atoms with E-state index < -0.39 is 0 Å². The van der Waals surface area contributed by atoms with Crippen LogP contribution in [0.15, 0.2) is 4.52 Å². The third kappa shape index (κ3) is 2.95. The first-order chi connectivity index (χ1) is 10.3. The fourth-order valence-corrected chi connectivity index (χ4v) is 2.89. The second kappa shape index (κ2) is 5.40. The molecule has 4 rings (SSSR count). The molecule has 1 aromatic rings. The Morgan fingerprint density at radius 2 is 2.14 bits per heavy atom. The fourth-order valence-electron chi connectivity index (χ4n) is 2.89. The lowest BCUT2D eigenvalue weighted by Crippen LogP contribution is -2.34. The minimum absolute atomic E-state index is 0.0294. The molecular formula is C15H21N3O3. The van der Waals surface area contributed by atoms with Crippen molar-refractivity contribution in [2.75, 3.05) is 19.8 Å². The van der Waals surface area contributed by atoms with Crippen molar-refractivity contribution >= 4 is 5.91 Å². The second-order valence-corrected chi connectivity index (χ2v) is 6.47. The summed E-state index contributed by atoms with van der Waals surface area (Å²) in [6.07, 6.45) is 6.68. The van der Waals surface area contributed by atoms with Crippen LogP contribution in [0.25, 0.3) is 0 Å². The van der Waals surface area contributed by atoms with Crippen molar-refractivity contribution in [1.29, 1.82) is 0 Å². The molecule has 3 fully saturated rings. The van der Waals surface area contributed by atoms with Crippen molar-refractivity contribution in [3.63, 3.8) is 0 Å². The fraction of sp³-hybridized carbons (Fsp3) is 0.800. The van der Waals surface area contributed by atoms with Gasteiger partial charge in [0.15, 0.2) is 5.82 Å². The Kier molecular flexibility index (Phi) is 3.41. The van der Waals surface area contributed by atoms with Gasteiger partial charge in [-0.15, -0.1) is 0 Å². The van der Waals surface area contributed by atoms with Gasteiger partial charge < -0.3 is 14.2 Å². The van der Waals surface area contributed by atoms with Gasteiger partial charge in [0.2, 0.25) is 11.8 Å². The van der Waals surface area contributed by atoms with Gasteiger partial charge in [0.05, 0.1) is 12.6 Å². The molecule has 114 valence electrons. The predicted octanol–water partition coefficient (Wildman–Crippen LogP) is 2.04. The van der Waals surface area contributed by atoms with Crippen LogP contribution in [-0.4, -0.2) is 40.7 Å². The van der Waals surface area contributed by atoms with Gasteiger partial charge in [-0.1, -0.05) is 5.16 Å². The average molecular weight is 291 g/mol. The van der Waals surface area contributed by atoms with Gasteiger partial charge in [-0.2, -0.15) is 4.98 Å². The van der Waals surface area contributed by atoms with Gasteiger partial charge in [-0.25, -0.2) is 0 Å². The lowest BCUT2D eigenvalue weighted by molar-refractivity contribution is -0.137. The van der Waals surface area contributed by atoms with E-state index >= 15 is 0 Å². The topological polar surface area (TPSA) is 68.5 Å². The van der Waals surface area contributed by atoms with Crippen LogP contribution >= 0.6 is 0 Å². The van der Waals surface area contributed by atoms with Gasteiger partial charge in [0, 0.05) is 12.5 Å². The zero-order chi connectivity index (χ0) is 14.2. The molecule has 2 saturated carbocycles. The van der Waals surface area contributed by atoms with Crippen LogP contribution in [0.5, 0.6) is 0 Å². The molecule has 1 unspecified atom stereocenters. The predicted molar refractivity (Wildman–Crippen MR) is 73.5 cm³/mol. The number of rotatable bonds is 6. The zero-order valence-electron chi connectivity index (χ0n) is 12.2. The standard InChI is InChI=1S/C15H21N3O3/c19-13(9-20-8-10-3-4-10)18-7-1-2-12(18)14-16-15(21-17-14)11-5-6-11/h10-12H,1-9H2. The molecule has 0 N–H and O–H groups in total. The van der Waals surface area contributed by atoms with E-state index in [1.54, 1.807) is 0 Å². The molecule has 3 aliphatic rings. The number of carbonyl (C=O) groups is 1. The Bertz CT molecular complexity index is 522. The summed E-state index contributed by atoms with van der Waals surface area (Å²) >= 11 is 0. The van der Waals surface area contributed by atoms with Crippen molar-refractivity contribution in [1.82, 2.24) is 15.0 Å². The zero-order valence-corrected chi connectivity index (χ0v) is 12.2. The highest BCUT2D eigenvalue weighted by Crippen LogP contribution is 2.40. The summed E-state index contributed by atoms with van der Waals surface area (Å²) in [5.41, 5.74) is 0. The molecule has 1 atom stereocenters. The third-order valence-electron chi connectivity index (χ3n) is 4.53. The smallest absolute Gasteiger partial charge is 0.249 e. The van der Waals surface area contributed by atoms with Crippen molar-refractivity contribution in [2.45, 2.75) is 50.5 Å². The number of likely N-dealkylation sites (tertiary alicyclic amines) is 1. The van der Waals surface area contributed by atoms with Crippen LogP contribution in [0.3, 0.4) is 0 Å². The van der Waals surface area contributed by atoms with Crippen LogP contribution < -0.4 is 0 Å². The number of nitrogens with zero attached hydrogens (tertiary/aromatic N) is 3. The van der Waals surface area contributed by atoms with E-state index in [4.69, 9.17) is 9.26 Å². The van der Waals surface area contributed by atoms with Crippen molar-refractivity contribution in [2.24, 2.45) is 5.92 Å². The minimum atomic E-state index is -0.0294. The van der Waals surface area contributed by atoms with E-state index in [0.29, 0.717) is 17.7 Å². The molecule has 0 bridgehead atoms. The molecule has 2 heterocycles. The summed E-state index contributed by atoms with van der Waals surface area (Å²) in [6.45, 7) is 1.67. The first-order valence-electron chi connectivity index (χ1n) is 8.02. The highest BCUT2D eigenvalue weighted by Gasteiger charge is 2.36. The largest absolute Gasteiger partial charge is 0.371 e. The molecule has 1 amide bonds. The van der Waals surface area contributed by atoms with E-state index in [-0.39, 0.29) is 18.6 Å². The number of ether oxygens (including phenoxy) is 1. The number of aromatic nitrogens is 2.